The number of aliphatic hydroxyl groups excluding tert-OH is 1. The first-order valence-corrected chi connectivity index (χ1v) is 8.98. The zero-order chi connectivity index (χ0) is 15.9. The SMILES string of the molecule is CC(O)[C@@H]1C(=O)N2[C@@H]1S[C@@H](SCCc1ncc[nH]1)[C@H]2C(=O)O. The molecule has 0 spiro atoms. The predicted octanol–water partition coefficient (Wildman–Crippen LogP) is 0.377. The molecule has 9 heteroatoms. The Morgan fingerprint density at radius 2 is 2.41 bits per heavy atom. The Morgan fingerprint density at radius 1 is 1.64 bits per heavy atom. The van der Waals surface area contributed by atoms with Gasteiger partial charge in [-0.15, -0.1) is 23.5 Å². The molecule has 1 amide bonds. The molecule has 1 unspecified atom stereocenters. The van der Waals surface area contributed by atoms with Gasteiger partial charge in [0, 0.05) is 24.6 Å². The fourth-order valence-electron chi connectivity index (χ4n) is 2.82. The number of H-pyrrole nitrogens is 1. The summed E-state index contributed by atoms with van der Waals surface area (Å²) in [5, 5.41) is 18.9. The number of nitrogens with zero attached hydrogens (tertiary/aromatic N) is 2. The number of carboxylic acids is 1. The third-order valence-corrected chi connectivity index (χ3v) is 6.99. The van der Waals surface area contributed by atoms with E-state index in [1.807, 2.05) is 0 Å². The molecule has 1 aromatic rings. The molecule has 5 atom stereocenters. The van der Waals surface area contributed by atoms with Gasteiger partial charge >= 0.3 is 5.97 Å². The van der Waals surface area contributed by atoms with E-state index < -0.39 is 24.0 Å². The standard InChI is InChI=1S/C13H17N3O4S2/c1-6(17)8-10(18)16-9(12(19)20)13(22-11(8)16)21-5-2-7-14-3-4-15-7/h3-4,6,8-9,11,13,17H,2,5H2,1H3,(H,14,15)(H,19,20)/t6?,8-,9-,11-,13-/m1/s1. The summed E-state index contributed by atoms with van der Waals surface area (Å²) in [4.78, 5) is 32.1. The lowest BCUT2D eigenvalue weighted by atomic mass is 9.91. The van der Waals surface area contributed by atoms with Crippen LogP contribution in [0.15, 0.2) is 12.4 Å². The second-order valence-corrected chi connectivity index (χ2v) is 8.16. The number of hydrogen-bond donors (Lipinski definition) is 3. The van der Waals surface area contributed by atoms with E-state index >= 15 is 0 Å². The summed E-state index contributed by atoms with van der Waals surface area (Å²) in [6.07, 6.45) is 3.41. The van der Waals surface area contributed by atoms with Gasteiger partial charge in [0.25, 0.3) is 0 Å². The first-order valence-electron chi connectivity index (χ1n) is 6.99. The van der Waals surface area contributed by atoms with E-state index in [9.17, 15) is 19.8 Å². The summed E-state index contributed by atoms with van der Waals surface area (Å²) >= 11 is 3.00. The Labute approximate surface area is 135 Å². The number of aryl methyl sites for hydroxylation is 1. The van der Waals surface area contributed by atoms with Gasteiger partial charge in [-0.2, -0.15) is 0 Å². The van der Waals surface area contributed by atoms with Crippen molar-refractivity contribution < 1.29 is 19.8 Å². The van der Waals surface area contributed by atoms with Gasteiger partial charge in [-0.25, -0.2) is 9.78 Å². The van der Waals surface area contributed by atoms with Crippen LogP contribution in [0.4, 0.5) is 0 Å². The number of amides is 1. The number of carbonyl (C=O) groups excluding carboxylic acids is 1. The topological polar surface area (TPSA) is 107 Å². The summed E-state index contributed by atoms with van der Waals surface area (Å²) in [5.74, 6) is -0.133. The summed E-state index contributed by atoms with van der Waals surface area (Å²) < 4.78 is -0.217. The minimum atomic E-state index is -0.983. The summed E-state index contributed by atoms with van der Waals surface area (Å²) in [6.45, 7) is 1.58. The molecule has 0 aromatic carbocycles. The summed E-state index contributed by atoms with van der Waals surface area (Å²) in [7, 11) is 0. The van der Waals surface area contributed by atoms with Crippen LogP contribution in [0.25, 0.3) is 0 Å². The van der Waals surface area contributed by atoms with Gasteiger partial charge in [0.2, 0.25) is 5.91 Å². The van der Waals surface area contributed by atoms with Crippen molar-refractivity contribution in [1.29, 1.82) is 0 Å². The van der Waals surface area contributed by atoms with Crippen LogP contribution in [0.5, 0.6) is 0 Å². The van der Waals surface area contributed by atoms with Gasteiger partial charge < -0.3 is 20.1 Å². The van der Waals surface area contributed by atoms with E-state index in [-0.39, 0.29) is 15.9 Å². The van der Waals surface area contributed by atoms with Crippen molar-refractivity contribution in [2.75, 3.05) is 5.75 Å². The molecule has 0 aliphatic carbocycles. The number of carboxylic acid groups (broad SMARTS) is 1. The number of thioether (sulfide) groups is 2. The lowest BCUT2D eigenvalue weighted by molar-refractivity contribution is -0.166. The minimum absolute atomic E-state index is 0.217. The molecule has 3 rings (SSSR count). The number of hydrogen-bond acceptors (Lipinski definition) is 6. The Morgan fingerprint density at radius 3 is 3.00 bits per heavy atom. The lowest BCUT2D eigenvalue weighted by Crippen LogP contribution is -2.64. The van der Waals surface area contributed by atoms with E-state index in [1.165, 1.54) is 28.4 Å². The van der Waals surface area contributed by atoms with Crippen LogP contribution in [0.2, 0.25) is 0 Å². The van der Waals surface area contributed by atoms with E-state index in [1.54, 1.807) is 19.3 Å². The maximum atomic E-state index is 12.1. The number of aromatic amines is 1. The number of aliphatic carboxylic acids is 1. The van der Waals surface area contributed by atoms with Gasteiger partial charge in [0.1, 0.15) is 5.82 Å². The van der Waals surface area contributed by atoms with Crippen molar-refractivity contribution in [1.82, 2.24) is 14.9 Å². The molecule has 2 fully saturated rings. The number of aliphatic hydroxyl groups is 1. The average molecular weight is 343 g/mol. The monoisotopic (exact) mass is 343 g/mol. The quantitative estimate of drug-likeness (QED) is 0.641. The fraction of sp³-hybridized carbons (Fsp3) is 0.615. The van der Waals surface area contributed by atoms with Crippen molar-refractivity contribution >= 4 is 35.4 Å². The normalized spacial score (nSPS) is 31.7. The maximum Gasteiger partial charge on any atom is 0.328 e. The number of aromatic nitrogens is 2. The van der Waals surface area contributed by atoms with E-state index in [0.29, 0.717) is 0 Å². The number of rotatable bonds is 6. The summed E-state index contributed by atoms with van der Waals surface area (Å²) in [6, 6.07) is -0.820. The average Bonchev–Trinajstić information content (AvgIpc) is 3.04. The first-order chi connectivity index (χ1) is 10.5. The highest BCUT2D eigenvalue weighted by molar-refractivity contribution is 8.17. The molecule has 3 heterocycles. The van der Waals surface area contributed by atoms with Crippen LogP contribution < -0.4 is 0 Å². The maximum absolute atomic E-state index is 12.1. The summed E-state index contributed by atoms with van der Waals surface area (Å²) in [5.41, 5.74) is 0. The zero-order valence-corrected chi connectivity index (χ0v) is 13.5. The molecular formula is C13H17N3O4S2. The van der Waals surface area contributed by atoms with Crippen LogP contribution in [0.1, 0.15) is 12.7 Å². The number of nitrogens with one attached hydrogen (secondary N) is 1. The number of imidazole rings is 1. The number of fused-ring (bicyclic) bond motifs is 1. The van der Waals surface area contributed by atoms with Crippen LogP contribution >= 0.6 is 23.5 Å². The molecular weight excluding hydrogens is 326 g/mol. The van der Waals surface area contributed by atoms with Gasteiger partial charge in [0.05, 0.1) is 22.0 Å². The van der Waals surface area contributed by atoms with Crippen LogP contribution in [-0.2, 0) is 16.0 Å². The zero-order valence-electron chi connectivity index (χ0n) is 11.9. The predicted molar refractivity (Wildman–Crippen MR) is 83.4 cm³/mol. The van der Waals surface area contributed by atoms with Crippen LogP contribution in [-0.4, -0.2) is 64.8 Å². The van der Waals surface area contributed by atoms with Crippen LogP contribution in [0.3, 0.4) is 0 Å². The molecule has 2 aliphatic heterocycles. The first kappa shape index (κ1) is 15.7. The van der Waals surface area contributed by atoms with E-state index in [4.69, 9.17) is 0 Å². The van der Waals surface area contributed by atoms with Crippen molar-refractivity contribution in [3.63, 3.8) is 0 Å². The molecule has 120 valence electrons. The Bertz CT molecular complexity index is 566. The Balaban J connectivity index is 1.63. The fourth-order valence-corrected chi connectivity index (χ4v) is 6.28. The second kappa shape index (κ2) is 6.13. The Kier molecular flexibility index (Phi) is 4.37. The van der Waals surface area contributed by atoms with Crippen molar-refractivity contribution in [3.05, 3.63) is 18.2 Å². The van der Waals surface area contributed by atoms with Crippen molar-refractivity contribution in [2.45, 2.75) is 35.4 Å². The third kappa shape index (κ3) is 2.61. The second-order valence-electron chi connectivity index (χ2n) is 5.35. The van der Waals surface area contributed by atoms with E-state index in [0.717, 1.165) is 18.0 Å². The van der Waals surface area contributed by atoms with Gasteiger partial charge in [-0.1, -0.05) is 0 Å². The van der Waals surface area contributed by atoms with Crippen molar-refractivity contribution in [2.24, 2.45) is 5.92 Å². The molecule has 7 nitrogen and oxygen atoms in total. The van der Waals surface area contributed by atoms with Gasteiger partial charge in [-0.05, 0) is 6.92 Å². The highest BCUT2D eigenvalue weighted by Crippen LogP contribution is 2.52. The molecule has 0 radical (unpaired) electrons. The van der Waals surface area contributed by atoms with Crippen LogP contribution in [0, 0.1) is 5.92 Å². The van der Waals surface area contributed by atoms with E-state index in [2.05, 4.69) is 9.97 Å². The van der Waals surface area contributed by atoms with Crippen molar-refractivity contribution in [3.8, 4) is 0 Å². The third-order valence-electron chi connectivity index (χ3n) is 3.90. The Hall–Kier alpha value is -1.19. The molecule has 1 aromatic heterocycles. The number of carbonyl (C=O) groups is 2. The molecule has 22 heavy (non-hydrogen) atoms. The minimum Gasteiger partial charge on any atom is -0.480 e. The van der Waals surface area contributed by atoms with Gasteiger partial charge in [-0.3, -0.25) is 4.79 Å². The largest absolute Gasteiger partial charge is 0.480 e. The lowest BCUT2D eigenvalue weighted by Gasteiger charge is -2.44. The molecule has 2 aliphatic rings. The molecule has 0 saturated carbocycles. The van der Waals surface area contributed by atoms with Gasteiger partial charge in [0.15, 0.2) is 6.04 Å². The highest BCUT2D eigenvalue weighted by Gasteiger charge is 2.61. The molecule has 3 N–H and O–H groups in total. The smallest absolute Gasteiger partial charge is 0.328 e. The molecule has 2 saturated heterocycles. The highest BCUT2D eigenvalue weighted by atomic mass is 32.2. The number of β-lactam (4-membered cyclic amide) rings is 1. The molecule has 0 bridgehead atoms.